The smallest absolute Gasteiger partial charge is 0.261 e. The first kappa shape index (κ1) is 17.1. The highest BCUT2D eigenvalue weighted by Gasteiger charge is 2.25. The zero-order valence-corrected chi connectivity index (χ0v) is 15.6. The van der Waals surface area contributed by atoms with E-state index < -0.39 is 0 Å². The topological polar surface area (TPSA) is 52.2 Å². The Kier molecular flexibility index (Phi) is 4.01. The standard InChI is InChI=1S/C19H15ClN4O.ClH/c1-23-18-10-16(12-6-7-21-15(8-12)11-2-3-11)22-24(18)17-5-4-13(20)9-14(17)19(23)25;/h4-11H,2-3H2,1H3;1H. The second-order valence-corrected chi connectivity index (χ2v) is 7.01. The number of halogens is 2. The zero-order chi connectivity index (χ0) is 17.1. The number of nitrogens with zero attached hydrogens (tertiary/aromatic N) is 4. The van der Waals surface area contributed by atoms with Crippen molar-refractivity contribution in [1.29, 1.82) is 0 Å². The van der Waals surface area contributed by atoms with Crippen LogP contribution in [0.1, 0.15) is 24.5 Å². The molecule has 0 unspecified atom stereocenters. The van der Waals surface area contributed by atoms with Crippen molar-refractivity contribution < 1.29 is 0 Å². The summed E-state index contributed by atoms with van der Waals surface area (Å²) in [4.78, 5) is 17.1. The molecular formula is C19H16Cl2N4O. The van der Waals surface area contributed by atoms with Gasteiger partial charge in [0.15, 0.2) is 0 Å². The summed E-state index contributed by atoms with van der Waals surface area (Å²) >= 11 is 6.06. The third-order valence-electron chi connectivity index (χ3n) is 4.83. The summed E-state index contributed by atoms with van der Waals surface area (Å²) in [5, 5.41) is 5.85. The fourth-order valence-electron chi connectivity index (χ4n) is 3.29. The number of benzene rings is 1. The third kappa shape index (κ3) is 2.59. The lowest BCUT2D eigenvalue weighted by Gasteiger charge is -2.06. The molecule has 0 N–H and O–H groups in total. The van der Waals surface area contributed by atoms with Gasteiger partial charge in [0, 0.05) is 41.5 Å². The summed E-state index contributed by atoms with van der Waals surface area (Å²) in [5.74, 6) is 0.587. The lowest BCUT2D eigenvalue weighted by atomic mass is 10.1. The third-order valence-corrected chi connectivity index (χ3v) is 5.06. The minimum Gasteiger partial charge on any atom is -0.296 e. The van der Waals surface area contributed by atoms with Gasteiger partial charge in [0.25, 0.3) is 5.56 Å². The molecule has 4 aromatic rings. The van der Waals surface area contributed by atoms with Gasteiger partial charge >= 0.3 is 0 Å². The van der Waals surface area contributed by atoms with Crippen LogP contribution in [0.25, 0.3) is 27.8 Å². The molecule has 0 radical (unpaired) electrons. The average molecular weight is 387 g/mol. The molecule has 5 rings (SSSR count). The predicted octanol–water partition coefficient (Wildman–Crippen LogP) is 4.20. The number of aromatic nitrogens is 4. The van der Waals surface area contributed by atoms with Crippen LogP contribution in [0.2, 0.25) is 5.02 Å². The maximum Gasteiger partial charge on any atom is 0.261 e. The first-order valence-electron chi connectivity index (χ1n) is 8.26. The normalized spacial score (nSPS) is 13.9. The van der Waals surface area contributed by atoms with Crippen LogP contribution in [0.15, 0.2) is 47.4 Å². The van der Waals surface area contributed by atoms with Crippen LogP contribution in [-0.4, -0.2) is 19.2 Å². The van der Waals surface area contributed by atoms with Gasteiger partial charge in [0.2, 0.25) is 0 Å². The quantitative estimate of drug-likeness (QED) is 0.518. The van der Waals surface area contributed by atoms with Gasteiger partial charge in [-0.2, -0.15) is 5.10 Å². The van der Waals surface area contributed by atoms with Crippen molar-refractivity contribution in [2.24, 2.45) is 7.05 Å². The Morgan fingerprint density at radius 3 is 2.73 bits per heavy atom. The van der Waals surface area contributed by atoms with E-state index in [4.69, 9.17) is 16.7 Å². The van der Waals surface area contributed by atoms with Crippen molar-refractivity contribution in [2.45, 2.75) is 18.8 Å². The molecule has 0 saturated heterocycles. The summed E-state index contributed by atoms with van der Waals surface area (Å²) in [5.41, 5.74) is 4.41. The molecule has 0 amide bonds. The van der Waals surface area contributed by atoms with E-state index in [9.17, 15) is 4.79 Å². The van der Waals surface area contributed by atoms with Crippen LogP contribution in [0.5, 0.6) is 0 Å². The molecular weight excluding hydrogens is 371 g/mol. The summed E-state index contributed by atoms with van der Waals surface area (Å²) < 4.78 is 3.41. The van der Waals surface area contributed by atoms with Crippen LogP contribution in [0.4, 0.5) is 0 Å². The van der Waals surface area contributed by atoms with Crippen LogP contribution in [0.3, 0.4) is 0 Å². The van der Waals surface area contributed by atoms with Crippen molar-refractivity contribution in [3.05, 3.63) is 63.7 Å². The second kappa shape index (κ2) is 6.11. The lowest BCUT2D eigenvalue weighted by Crippen LogP contribution is -2.19. The van der Waals surface area contributed by atoms with Crippen LogP contribution in [0, 0.1) is 0 Å². The Labute approximate surface area is 160 Å². The Morgan fingerprint density at radius 1 is 1.15 bits per heavy atom. The molecule has 3 heterocycles. The van der Waals surface area contributed by atoms with E-state index in [0.29, 0.717) is 16.3 Å². The highest BCUT2D eigenvalue weighted by atomic mass is 35.5. The van der Waals surface area contributed by atoms with E-state index >= 15 is 0 Å². The van der Waals surface area contributed by atoms with E-state index in [1.54, 1.807) is 28.3 Å². The van der Waals surface area contributed by atoms with Crippen LogP contribution >= 0.6 is 24.0 Å². The Balaban J connectivity index is 0.00000168. The first-order chi connectivity index (χ1) is 12.1. The minimum absolute atomic E-state index is 0. The van der Waals surface area contributed by atoms with Crippen molar-refractivity contribution >= 4 is 40.6 Å². The van der Waals surface area contributed by atoms with Crippen LogP contribution in [-0.2, 0) is 7.05 Å². The lowest BCUT2D eigenvalue weighted by molar-refractivity contribution is 0.850. The number of aryl methyl sites for hydroxylation is 1. The van der Waals surface area contributed by atoms with Gasteiger partial charge in [-0.3, -0.25) is 14.3 Å². The highest BCUT2D eigenvalue weighted by molar-refractivity contribution is 6.31. The van der Waals surface area contributed by atoms with Gasteiger partial charge in [-0.05, 0) is 43.2 Å². The predicted molar refractivity (Wildman–Crippen MR) is 105 cm³/mol. The Hall–Kier alpha value is -2.37. The van der Waals surface area contributed by atoms with E-state index in [2.05, 4.69) is 11.1 Å². The first-order valence-corrected chi connectivity index (χ1v) is 8.64. The molecule has 7 heteroatoms. The van der Waals surface area contributed by atoms with E-state index in [0.717, 1.165) is 28.1 Å². The van der Waals surface area contributed by atoms with Crippen molar-refractivity contribution in [2.75, 3.05) is 0 Å². The molecule has 1 aliphatic rings. The monoisotopic (exact) mass is 386 g/mol. The molecule has 0 aliphatic heterocycles. The maximum absolute atomic E-state index is 12.6. The average Bonchev–Trinajstić information content (AvgIpc) is 3.38. The molecule has 1 saturated carbocycles. The molecule has 0 spiro atoms. The fraction of sp³-hybridized carbons (Fsp3) is 0.211. The molecule has 1 fully saturated rings. The maximum atomic E-state index is 12.6. The fourth-order valence-corrected chi connectivity index (χ4v) is 3.46. The van der Waals surface area contributed by atoms with Crippen molar-refractivity contribution in [3.8, 4) is 11.3 Å². The van der Waals surface area contributed by atoms with Gasteiger partial charge in [0.1, 0.15) is 5.65 Å². The molecule has 0 bridgehead atoms. The van der Waals surface area contributed by atoms with E-state index in [1.807, 2.05) is 24.4 Å². The van der Waals surface area contributed by atoms with Crippen molar-refractivity contribution in [1.82, 2.24) is 19.2 Å². The molecule has 0 atom stereocenters. The Bertz CT molecular complexity index is 1210. The molecule has 5 nitrogen and oxygen atoms in total. The molecule has 132 valence electrons. The number of pyridine rings is 1. The number of rotatable bonds is 2. The molecule has 1 aromatic carbocycles. The molecule has 1 aliphatic carbocycles. The minimum atomic E-state index is -0.0788. The van der Waals surface area contributed by atoms with Gasteiger partial charge in [-0.25, -0.2) is 4.52 Å². The summed E-state index contributed by atoms with van der Waals surface area (Å²) in [6, 6.07) is 11.3. The van der Waals surface area contributed by atoms with Gasteiger partial charge in [0.05, 0.1) is 16.6 Å². The number of hydrogen-bond acceptors (Lipinski definition) is 3. The SMILES string of the molecule is Cl.Cn1c(=O)c2cc(Cl)ccc2n2nc(-c3ccnc(C4CC4)c3)cc12. The summed E-state index contributed by atoms with van der Waals surface area (Å²) in [6.45, 7) is 0. The van der Waals surface area contributed by atoms with Gasteiger partial charge in [-0.15, -0.1) is 12.4 Å². The van der Waals surface area contributed by atoms with Gasteiger partial charge < -0.3 is 0 Å². The largest absolute Gasteiger partial charge is 0.296 e. The molecule has 3 aromatic heterocycles. The highest BCUT2D eigenvalue weighted by Crippen LogP contribution is 2.39. The summed E-state index contributed by atoms with van der Waals surface area (Å²) in [6.07, 6.45) is 4.26. The second-order valence-electron chi connectivity index (χ2n) is 6.57. The number of hydrogen-bond donors (Lipinski definition) is 0. The summed E-state index contributed by atoms with van der Waals surface area (Å²) in [7, 11) is 1.76. The molecule has 26 heavy (non-hydrogen) atoms. The van der Waals surface area contributed by atoms with Gasteiger partial charge in [-0.1, -0.05) is 11.6 Å². The number of fused-ring (bicyclic) bond motifs is 3. The van der Waals surface area contributed by atoms with Crippen LogP contribution < -0.4 is 5.56 Å². The zero-order valence-electron chi connectivity index (χ0n) is 14.0. The van der Waals surface area contributed by atoms with Crippen molar-refractivity contribution in [3.63, 3.8) is 0 Å². The Morgan fingerprint density at radius 2 is 1.96 bits per heavy atom. The van der Waals surface area contributed by atoms with E-state index in [1.165, 1.54) is 12.8 Å². The van der Waals surface area contributed by atoms with E-state index in [-0.39, 0.29) is 18.0 Å².